The summed E-state index contributed by atoms with van der Waals surface area (Å²) in [5.41, 5.74) is 2.48. The van der Waals surface area contributed by atoms with E-state index < -0.39 is 0 Å². The fourth-order valence-electron chi connectivity index (χ4n) is 1.99. The third kappa shape index (κ3) is 3.53. The van der Waals surface area contributed by atoms with E-state index in [4.69, 9.17) is 0 Å². The molecule has 0 saturated carbocycles. The maximum absolute atomic E-state index is 4.31. The molecular formula is C14H22N4. The number of hydrogen-bond acceptors (Lipinski definition) is 4. The van der Waals surface area contributed by atoms with Crippen molar-refractivity contribution in [3.63, 3.8) is 0 Å². The molecule has 0 spiro atoms. The lowest BCUT2D eigenvalue weighted by molar-refractivity contribution is 0.654. The first-order valence-electron chi connectivity index (χ1n) is 6.73. The first kappa shape index (κ1) is 13.0. The van der Waals surface area contributed by atoms with Crippen molar-refractivity contribution < 1.29 is 0 Å². The maximum atomic E-state index is 4.31. The predicted octanol–water partition coefficient (Wildman–Crippen LogP) is 2.13. The monoisotopic (exact) mass is 246 g/mol. The van der Waals surface area contributed by atoms with Crippen molar-refractivity contribution >= 4 is 5.82 Å². The molecule has 0 aromatic carbocycles. The van der Waals surface area contributed by atoms with Crippen molar-refractivity contribution in [1.29, 1.82) is 0 Å². The first-order valence-corrected chi connectivity index (χ1v) is 6.73. The molecule has 4 heteroatoms. The molecule has 4 nitrogen and oxygen atoms in total. The summed E-state index contributed by atoms with van der Waals surface area (Å²) >= 11 is 0. The van der Waals surface area contributed by atoms with Crippen LogP contribution in [0.2, 0.25) is 0 Å². The van der Waals surface area contributed by atoms with E-state index in [1.54, 1.807) is 0 Å². The van der Waals surface area contributed by atoms with Gasteiger partial charge in [-0.1, -0.05) is 18.6 Å². The van der Waals surface area contributed by atoms with Gasteiger partial charge in [0.1, 0.15) is 0 Å². The summed E-state index contributed by atoms with van der Waals surface area (Å²) in [6, 6.07) is 4.14. The van der Waals surface area contributed by atoms with Gasteiger partial charge in [-0.15, -0.1) is 5.10 Å². The number of hydrogen-bond donors (Lipinski definition) is 1. The second-order valence-corrected chi connectivity index (χ2v) is 4.81. The average molecular weight is 246 g/mol. The Bertz CT molecular complexity index is 397. The standard InChI is InChI=1S/C14H22N4/c1-3-8-15-11-13-4-5-14(17-16-13)18-9-6-12(2)7-10-18/h4-6,15H,3,7-11H2,1-2H3. The van der Waals surface area contributed by atoms with Gasteiger partial charge in [0, 0.05) is 19.6 Å². The van der Waals surface area contributed by atoms with Crippen molar-refractivity contribution in [2.24, 2.45) is 0 Å². The lowest BCUT2D eigenvalue weighted by atomic mass is 10.1. The number of anilines is 1. The molecule has 1 aliphatic heterocycles. The van der Waals surface area contributed by atoms with Crippen LogP contribution in [-0.2, 0) is 6.54 Å². The van der Waals surface area contributed by atoms with E-state index in [1.807, 2.05) is 0 Å². The SMILES string of the molecule is CCCNCc1ccc(N2CC=C(C)CC2)nn1. The molecular weight excluding hydrogens is 224 g/mol. The molecule has 2 rings (SSSR count). The van der Waals surface area contributed by atoms with Crippen LogP contribution in [0.1, 0.15) is 32.4 Å². The van der Waals surface area contributed by atoms with Crippen LogP contribution in [-0.4, -0.2) is 29.8 Å². The van der Waals surface area contributed by atoms with E-state index in [0.29, 0.717) is 0 Å². The van der Waals surface area contributed by atoms with Crippen LogP contribution in [0.3, 0.4) is 0 Å². The second-order valence-electron chi connectivity index (χ2n) is 4.81. The van der Waals surface area contributed by atoms with Crippen molar-refractivity contribution in [3.05, 3.63) is 29.5 Å². The summed E-state index contributed by atoms with van der Waals surface area (Å²) in [5.74, 6) is 0.984. The summed E-state index contributed by atoms with van der Waals surface area (Å²) < 4.78 is 0. The van der Waals surface area contributed by atoms with Crippen LogP contribution in [0.4, 0.5) is 5.82 Å². The van der Waals surface area contributed by atoms with E-state index in [2.05, 4.69) is 52.5 Å². The Labute approximate surface area is 109 Å². The maximum Gasteiger partial charge on any atom is 0.151 e. The van der Waals surface area contributed by atoms with E-state index in [-0.39, 0.29) is 0 Å². The number of nitrogens with zero attached hydrogens (tertiary/aromatic N) is 3. The predicted molar refractivity (Wildman–Crippen MR) is 74.6 cm³/mol. The van der Waals surface area contributed by atoms with Crippen LogP contribution >= 0.6 is 0 Å². The molecule has 1 aromatic rings. The molecule has 0 amide bonds. The molecule has 1 aromatic heterocycles. The van der Waals surface area contributed by atoms with Gasteiger partial charge in [-0.25, -0.2) is 0 Å². The Kier molecular flexibility index (Phi) is 4.70. The molecule has 18 heavy (non-hydrogen) atoms. The minimum Gasteiger partial charge on any atom is -0.351 e. The summed E-state index contributed by atoms with van der Waals surface area (Å²) in [7, 11) is 0. The highest BCUT2D eigenvalue weighted by molar-refractivity contribution is 5.40. The van der Waals surface area contributed by atoms with Crippen LogP contribution in [0, 0.1) is 0 Å². The molecule has 0 aliphatic carbocycles. The smallest absolute Gasteiger partial charge is 0.151 e. The number of aromatic nitrogens is 2. The van der Waals surface area contributed by atoms with Gasteiger partial charge in [0.25, 0.3) is 0 Å². The largest absolute Gasteiger partial charge is 0.351 e. The highest BCUT2D eigenvalue weighted by Gasteiger charge is 2.11. The Morgan fingerprint density at radius 3 is 2.83 bits per heavy atom. The van der Waals surface area contributed by atoms with Gasteiger partial charge in [0.15, 0.2) is 5.82 Å². The topological polar surface area (TPSA) is 41.0 Å². The normalized spacial score (nSPS) is 15.7. The Hall–Kier alpha value is -1.42. The summed E-state index contributed by atoms with van der Waals surface area (Å²) in [6.45, 7) is 8.18. The zero-order valence-electron chi connectivity index (χ0n) is 11.3. The molecule has 1 N–H and O–H groups in total. The summed E-state index contributed by atoms with van der Waals surface area (Å²) in [5, 5.41) is 11.9. The van der Waals surface area contributed by atoms with Crippen LogP contribution in [0.25, 0.3) is 0 Å². The fraction of sp³-hybridized carbons (Fsp3) is 0.571. The van der Waals surface area contributed by atoms with Gasteiger partial charge < -0.3 is 10.2 Å². The van der Waals surface area contributed by atoms with Gasteiger partial charge in [0.05, 0.1) is 5.69 Å². The molecule has 98 valence electrons. The molecule has 0 radical (unpaired) electrons. The zero-order valence-corrected chi connectivity index (χ0v) is 11.3. The number of nitrogens with one attached hydrogen (secondary N) is 1. The van der Waals surface area contributed by atoms with Gasteiger partial charge in [-0.05, 0) is 38.4 Å². The minimum atomic E-state index is 0.806. The Balaban J connectivity index is 1.91. The lowest BCUT2D eigenvalue weighted by Crippen LogP contribution is -2.29. The molecule has 0 saturated heterocycles. The lowest BCUT2D eigenvalue weighted by Gasteiger charge is -2.25. The molecule has 0 fully saturated rings. The highest BCUT2D eigenvalue weighted by Crippen LogP contribution is 2.16. The van der Waals surface area contributed by atoms with Crippen molar-refractivity contribution in [1.82, 2.24) is 15.5 Å². The van der Waals surface area contributed by atoms with E-state index >= 15 is 0 Å². The third-order valence-electron chi connectivity index (χ3n) is 3.20. The Morgan fingerprint density at radius 2 is 2.22 bits per heavy atom. The quantitative estimate of drug-likeness (QED) is 0.638. The molecule has 2 heterocycles. The first-order chi connectivity index (χ1) is 8.79. The van der Waals surface area contributed by atoms with E-state index in [1.165, 1.54) is 5.57 Å². The Morgan fingerprint density at radius 1 is 1.33 bits per heavy atom. The fourth-order valence-corrected chi connectivity index (χ4v) is 1.99. The molecule has 0 unspecified atom stereocenters. The van der Waals surface area contributed by atoms with Crippen LogP contribution < -0.4 is 10.2 Å². The minimum absolute atomic E-state index is 0.806. The summed E-state index contributed by atoms with van der Waals surface area (Å²) in [6.07, 6.45) is 4.54. The second kappa shape index (κ2) is 6.50. The highest BCUT2D eigenvalue weighted by atomic mass is 15.3. The summed E-state index contributed by atoms with van der Waals surface area (Å²) in [4.78, 5) is 2.27. The molecule has 0 bridgehead atoms. The van der Waals surface area contributed by atoms with Gasteiger partial charge in [-0.2, -0.15) is 5.10 Å². The average Bonchev–Trinajstić information content (AvgIpc) is 2.41. The molecule has 0 atom stereocenters. The molecule has 1 aliphatic rings. The van der Waals surface area contributed by atoms with E-state index in [0.717, 1.165) is 50.5 Å². The van der Waals surface area contributed by atoms with E-state index in [9.17, 15) is 0 Å². The van der Waals surface area contributed by atoms with Crippen molar-refractivity contribution in [2.75, 3.05) is 24.5 Å². The van der Waals surface area contributed by atoms with Gasteiger partial charge >= 0.3 is 0 Å². The van der Waals surface area contributed by atoms with Crippen LogP contribution in [0.5, 0.6) is 0 Å². The van der Waals surface area contributed by atoms with Crippen molar-refractivity contribution in [3.8, 4) is 0 Å². The van der Waals surface area contributed by atoms with Gasteiger partial charge in [-0.3, -0.25) is 0 Å². The van der Waals surface area contributed by atoms with Crippen molar-refractivity contribution in [2.45, 2.75) is 33.2 Å². The van der Waals surface area contributed by atoms with Gasteiger partial charge in [0.2, 0.25) is 0 Å². The number of rotatable bonds is 5. The zero-order chi connectivity index (χ0) is 12.8. The van der Waals surface area contributed by atoms with Crippen LogP contribution in [0.15, 0.2) is 23.8 Å². The third-order valence-corrected chi connectivity index (χ3v) is 3.20.